The molecule has 5 heteroatoms. The van der Waals surface area contributed by atoms with Crippen LogP contribution in [0.15, 0.2) is 6.07 Å². The molecule has 1 aromatic rings. The van der Waals surface area contributed by atoms with Gasteiger partial charge >= 0.3 is 0 Å². The molecule has 0 aliphatic heterocycles. The summed E-state index contributed by atoms with van der Waals surface area (Å²) in [4.78, 5) is 13.5. The Labute approximate surface area is 117 Å². The Bertz CT molecular complexity index is 376. The second kappa shape index (κ2) is 7.94. The van der Waals surface area contributed by atoms with Crippen molar-refractivity contribution in [2.24, 2.45) is 0 Å². The Kier molecular flexibility index (Phi) is 6.56. The van der Waals surface area contributed by atoms with Gasteiger partial charge in [0, 0.05) is 32.7 Å². The topological polar surface area (TPSA) is 44.3 Å². The van der Waals surface area contributed by atoms with Crippen LogP contribution in [0.25, 0.3) is 0 Å². The molecule has 1 N–H and O–H groups in total. The normalized spacial score (nSPS) is 10.6. The molecule has 0 aromatic carbocycles. The fourth-order valence-corrected chi connectivity index (χ4v) is 2.05. The van der Waals surface area contributed by atoms with Crippen molar-refractivity contribution < 1.29 is 0 Å². The fourth-order valence-electron chi connectivity index (χ4n) is 2.05. The molecule has 0 fully saturated rings. The monoisotopic (exact) mass is 265 g/mol. The smallest absolute Gasteiger partial charge is 0.134 e. The first-order valence-corrected chi connectivity index (χ1v) is 7.08. The Morgan fingerprint density at radius 2 is 1.79 bits per heavy atom. The third-order valence-electron chi connectivity index (χ3n) is 3.21. The summed E-state index contributed by atoms with van der Waals surface area (Å²) in [7, 11) is 4.07. The van der Waals surface area contributed by atoms with Crippen LogP contribution in [0.1, 0.15) is 26.1 Å². The maximum atomic E-state index is 4.53. The number of hydrogen-bond acceptors (Lipinski definition) is 5. The Morgan fingerprint density at radius 3 is 2.37 bits per heavy atom. The highest BCUT2D eigenvalue weighted by Crippen LogP contribution is 2.18. The zero-order valence-electron chi connectivity index (χ0n) is 12.9. The first kappa shape index (κ1) is 15.7. The van der Waals surface area contributed by atoms with Gasteiger partial charge in [0.05, 0.1) is 0 Å². The molecule has 1 aromatic heterocycles. The molecule has 108 valence electrons. The SMILES string of the molecule is CCN(CC)c1cc(N(C)CCCNC)nc(C)n1. The lowest BCUT2D eigenvalue weighted by Gasteiger charge is -2.23. The number of aryl methyl sites for hydroxylation is 1. The van der Waals surface area contributed by atoms with Gasteiger partial charge in [0.15, 0.2) is 0 Å². The predicted molar refractivity (Wildman–Crippen MR) is 82.1 cm³/mol. The van der Waals surface area contributed by atoms with E-state index in [1.54, 1.807) is 0 Å². The molecule has 0 atom stereocenters. The highest BCUT2D eigenvalue weighted by atomic mass is 15.2. The van der Waals surface area contributed by atoms with Crippen molar-refractivity contribution in [3.63, 3.8) is 0 Å². The molecule has 0 aliphatic rings. The standard InChI is InChI=1S/C14H27N5/c1-6-19(7-2)14-11-13(16-12(3)17-14)18(5)10-8-9-15-4/h11,15H,6-10H2,1-5H3. The van der Waals surface area contributed by atoms with Crippen molar-refractivity contribution in [3.8, 4) is 0 Å². The van der Waals surface area contributed by atoms with Gasteiger partial charge in [0.2, 0.25) is 0 Å². The van der Waals surface area contributed by atoms with Gasteiger partial charge in [-0.05, 0) is 40.8 Å². The molecule has 0 radical (unpaired) electrons. The minimum absolute atomic E-state index is 0.833. The summed E-state index contributed by atoms with van der Waals surface area (Å²) in [5.41, 5.74) is 0. The van der Waals surface area contributed by atoms with Crippen LogP contribution in [-0.4, -0.2) is 50.2 Å². The van der Waals surface area contributed by atoms with Gasteiger partial charge in [-0.25, -0.2) is 9.97 Å². The van der Waals surface area contributed by atoms with Gasteiger partial charge in [0.1, 0.15) is 17.5 Å². The summed E-state index contributed by atoms with van der Waals surface area (Å²) in [6.07, 6.45) is 1.11. The van der Waals surface area contributed by atoms with E-state index < -0.39 is 0 Å². The zero-order valence-corrected chi connectivity index (χ0v) is 12.9. The molecular weight excluding hydrogens is 238 g/mol. The Balaban J connectivity index is 2.83. The number of nitrogens with zero attached hydrogens (tertiary/aromatic N) is 4. The lowest BCUT2D eigenvalue weighted by atomic mass is 10.3. The van der Waals surface area contributed by atoms with Crippen molar-refractivity contribution >= 4 is 11.6 Å². The summed E-state index contributed by atoms with van der Waals surface area (Å²) in [5.74, 6) is 2.86. The molecule has 5 nitrogen and oxygen atoms in total. The first-order chi connectivity index (χ1) is 9.12. The van der Waals surface area contributed by atoms with E-state index in [-0.39, 0.29) is 0 Å². The molecule has 0 saturated carbocycles. The highest BCUT2D eigenvalue weighted by molar-refractivity contribution is 5.50. The van der Waals surface area contributed by atoms with E-state index in [0.717, 1.165) is 50.1 Å². The Hall–Kier alpha value is -1.36. The molecule has 19 heavy (non-hydrogen) atoms. The number of anilines is 2. The maximum Gasteiger partial charge on any atom is 0.134 e. The van der Waals surface area contributed by atoms with Crippen LogP contribution >= 0.6 is 0 Å². The number of aromatic nitrogens is 2. The van der Waals surface area contributed by atoms with E-state index >= 15 is 0 Å². The van der Waals surface area contributed by atoms with Crippen LogP contribution in [0.2, 0.25) is 0 Å². The maximum absolute atomic E-state index is 4.53. The van der Waals surface area contributed by atoms with E-state index in [1.807, 2.05) is 14.0 Å². The largest absolute Gasteiger partial charge is 0.359 e. The van der Waals surface area contributed by atoms with Crippen molar-refractivity contribution in [2.75, 3.05) is 50.1 Å². The molecule has 0 saturated heterocycles. The lowest BCUT2D eigenvalue weighted by molar-refractivity contribution is 0.707. The molecule has 1 heterocycles. The van der Waals surface area contributed by atoms with E-state index in [9.17, 15) is 0 Å². The second-order valence-electron chi connectivity index (χ2n) is 4.68. The predicted octanol–water partition coefficient (Wildman–Crippen LogP) is 1.68. The van der Waals surface area contributed by atoms with E-state index in [1.165, 1.54) is 0 Å². The van der Waals surface area contributed by atoms with Gasteiger partial charge in [-0.2, -0.15) is 0 Å². The summed E-state index contributed by atoms with van der Waals surface area (Å²) >= 11 is 0. The zero-order chi connectivity index (χ0) is 14.3. The summed E-state index contributed by atoms with van der Waals surface area (Å²) in [5, 5.41) is 3.17. The van der Waals surface area contributed by atoms with Crippen molar-refractivity contribution in [1.82, 2.24) is 15.3 Å². The van der Waals surface area contributed by atoms with Crippen LogP contribution in [0.4, 0.5) is 11.6 Å². The third kappa shape index (κ3) is 4.67. The quantitative estimate of drug-likeness (QED) is 0.725. The molecule has 1 rings (SSSR count). The first-order valence-electron chi connectivity index (χ1n) is 7.08. The van der Waals surface area contributed by atoms with E-state index in [0.29, 0.717) is 0 Å². The van der Waals surface area contributed by atoms with E-state index in [4.69, 9.17) is 0 Å². The molecule has 0 amide bonds. The van der Waals surface area contributed by atoms with Crippen LogP contribution in [-0.2, 0) is 0 Å². The summed E-state index contributed by atoms with van der Waals surface area (Å²) < 4.78 is 0. The second-order valence-corrected chi connectivity index (χ2v) is 4.68. The molecule has 0 aliphatic carbocycles. The van der Waals surface area contributed by atoms with E-state index in [2.05, 4.69) is 52.0 Å². The third-order valence-corrected chi connectivity index (χ3v) is 3.21. The van der Waals surface area contributed by atoms with Crippen LogP contribution in [0.5, 0.6) is 0 Å². The highest BCUT2D eigenvalue weighted by Gasteiger charge is 2.10. The number of rotatable bonds is 8. The minimum Gasteiger partial charge on any atom is -0.359 e. The average molecular weight is 265 g/mol. The number of nitrogens with one attached hydrogen (secondary N) is 1. The Morgan fingerprint density at radius 1 is 1.16 bits per heavy atom. The van der Waals surface area contributed by atoms with Crippen LogP contribution in [0, 0.1) is 6.92 Å². The molecule has 0 bridgehead atoms. The molecule has 0 unspecified atom stereocenters. The van der Waals surface area contributed by atoms with Crippen molar-refractivity contribution in [1.29, 1.82) is 0 Å². The lowest BCUT2D eigenvalue weighted by Crippen LogP contribution is -2.26. The summed E-state index contributed by atoms with van der Waals surface area (Å²) in [6, 6.07) is 2.08. The average Bonchev–Trinajstić information content (AvgIpc) is 2.39. The van der Waals surface area contributed by atoms with Crippen molar-refractivity contribution in [2.45, 2.75) is 27.2 Å². The molecular formula is C14H27N5. The van der Waals surface area contributed by atoms with Gasteiger partial charge in [-0.1, -0.05) is 0 Å². The minimum atomic E-state index is 0.833. The van der Waals surface area contributed by atoms with Crippen LogP contribution < -0.4 is 15.1 Å². The molecule has 0 spiro atoms. The van der Waals surface area contributed by atoms with Gasteiger partial charge in [0.25, 0.3) is 0 Å². The summed E-state index contributed by atoms with van der Waals surface area (Å²) in [6.45, 7) is 10.2. The number of hydrogen-bond donors (Lipinski definition) is 1. The fraction of sp³-hybridized carbons (Fsp3) is 0.714. The van der Waals surface area contributed by atoms with Gasteiger partial charge in [-0.3, -0.25) is 0 Å². The van der Waals surface area contributed by atoms with Gasteiger partial charge < -0.3 is 15.1 Å². The van der Waals surface area contributed by atoms with Gasteiger partial charge in [-0.15, -0.1) is 0 Å². The van der Waals surface area contributed by atoms with Crippen LogP contribution in [0.3, 0.4) is 0 Å². The van der Waals surface area contributed by atoms with Crippen molar-refractivity contribution in [3.05, 3.63) is 11.9 Å².